The number of para-hydroxylation sites is 1. The van der Waals surface area contributed by atoms with Gasteiger partial charge in [0.05, 0.1) is 12.2 Å². The molecule has 0 spiro atoms. The Labute approximate surface area is 102 Å². The molecular weight excluding hydrogens is 212 g/mol. The molecule has 1 aromatic carbocycles. The van der Waals surface area contributed by atoms with Gasteiger partial charge in [-0.3, -0.25) is 4.79 Å². The molecule has 0 amide bonds. The van der Waals surface area contributed by atoms with Crippen LogP contribution in [0.4, 0.5) is 0 Å². The number of ether oxygens (including phenoxy) is 1. The Hall–Kier alpha value is -1.57. The summed E-state index contributed by atoms with van der Waals surface area (Å²) in [6, 6.07) is 7.53. The molecular formula is C15H18O2. The molecule has 0 radical (unpaired) electrons. The molecule has 1 aliphatic carbocycles. The maximum Gasteiger partial charge on any atom is 0.192 e. The van der Waals surface area contributed by atoms with Gasteiger partial charge in [0.15, 0.2) is 5.78 Å². The van der Waals surface area contributed by atoms with E-state index in [4.69, 9.17) is 4.74 Å². The van der Waals surface area contributed by atoms with E-state index in [1.807, 2.05) is 24.3 Å². The SMILES string of the molecule is CCCOc1ccccc1C(=O)C1=CCCC1. The lowest BCUT2D eigenvalue weighted by molar-refractivity contribution is 0.102. The van der Waals surface area contributed by atoms with Crippen LogP contribution in [0.5, 0.6) is 5.75 Å². The Balaban J connectivity index is 2.21. The zero-order valence-electron chi connectivity index (χ0n) is 10.2. The van der Waals surface area contributed by atoms with Crippen molar-refractivity contribution in [3.8, 4) is 5.75 Å². The van der Waals surface area contributed by atoms with Crippen molar-refractivity contribution >= 4 is 5.78 Å². The van der Waals surface area contributed by atoms with Gasteiger partial charge in [-0.1, -0.05) is 25.1 Å². The zero-order valence-corrected chi connectivity index (χ0v) is 10.2. The summed E-state index contributed by atoms with van der Waals surface area (Å²) < 4.78 is 5.62. The van der Waals surface area contributed by atoms with Gasteiger partial charge in [0, 0.05) is 0 Å². The average molecular weight is 230 g/mol. The number of benzene rings is 1. The topological polar surface area (TPSA) is 26.3 Å². The Morgan fingerprint density at radius 3 is 2.88 bits per heavy atom. The highest BCUT2D eigenvalue weighted by Gasteiger charge is 2.18. The maximum absolute atomic E-state index is 12.3. The molecule has 0 atom stereocenters. The quantitative estimate of drug-likeness (QED) is 0.720. The lowest BCUT2D eigenvalue weighted by Gasteiger charge is -2.10. The number of carbonyl (C=O) groups is 1. The molecule has 0 heterocycles. The molecule has 17 heavy (non-hydrogen) atoms. The number of hydrogen-bond donors (Lipinski definition) is 0. The molecule has 0 N–H and O–H groups in total. The summed E-state index contributed by atoms with van der Waals surface area (Å²) in [4.78, 5) is 12.3. The fourth-order valence-corrected chi connectivity index (χ4v) is 2.04. The molecule has 2 heteroatoms. The number of Topliss-reactive ketones (excluding diaryl/α,β-unsaturated/α-hetero) is 1. The fourth-order valence-electron chi connectivity index (χ4n) is 2.04. The predicted molar refractivity (Wildman–Crippen MR) is 68.5 cm³/mol. The van der Waals surface area contributed by atoms with Crippen LogP contribution in [0, 0.1) is 0 Å². The van der Waals surface area contributed by atoms with Crippen LogP contribution in [0.3, 0.4) is 0 Å². The van der Waals surface area contributed by atoms with Gasteiger partial charge in [-0.2, -0.15) is 0 Å². The van der Waals surface area contributed by atoms with Crippen molar-refractivity contribution in [1.29, 1.82) is 0 Å². The van der Waals surface area contributed by atoms with Crippen LogP contribution in [0.2, 0.25) is 0 Å². The van der Waals surface area contributed by atoms with Crippen molar-refractivity contribution in [2.24, 2.45) is 0 Å². The van der Waals surface area contributed by atoms with Gasteiger partial charge in [0.1, 0.15) is 5.75 Å². The number of hydrogen-bond acceptors (Lipinski definition) is 2. The van der Waals surface area contributed by atoms with E-state index in [-0.39, 0.29) is 5.78 Å². The Morgan fingerprint density at radius 1 is 1.35 bits per heavy atom. The zero-order chi connectivity index (χ0) is 12.1. The third-order valence-corrected chi connectivity index (χ3v) is 2.93. The summed E-state index contributed by atoms with van der Waals surface area (Å²) in [6.07, 6.45) is 6.03. The first kappa shape index (κ1) is 11.9. The van der Waals surface area contributed by atoms with Gasteiger partial charge in [0.25, 0.3) is 0 Å². The summed E-state index contributed by atoms with van der Waals surface area (Å²) in [5, 5.41) is 0. The first-order valence-electron chi connectivity index (χ1n) is 6.28. The lowest BCUT2D eigenvalue weighted by Crippen LogP contribution is -2.06. The predicted octanol–water partition coefficient (Wildman–Crippen LogP) is 3.77. The normalized spacial score (nSPS) is 14.5. The van der Waals surface area contributed by atoms with Gasteiger partial charge in [-0.25, -0.2) is 0 Å². The number of carbonyl (C=O) groups excluding carboxylic acids is 1. The van der Waals surface area contributed by atoms with E-state index in [9.17, 15) is 4.79 Å². The molecule has 1 aromatic rings. The molecule has 0 aliphatic heterocycles. The van der Waals surface area contributed by atoms with Crippen molar-refractivity contribution in [3.05, 3.63) is 41.5 Å². The summed E-state index contributed by atoms with van der Waals surface area (Å²) in [6.45, 7) is 2.72. The Kier molecular flexibility index (Phi) is 3.97. The molecule has 2 rings (SSSR count). The highest BCUT2D eigenvalue weighted by molar-refractivity contribution is 6.10. The summed E-state index contributed by atoms with van der Waals surface area (Å²) in [5.41, 5.74) is 1.65. The van der Waals surface area contributed by atoms with Crippen molar-refractivity contribution in [2.75, 3.05) is 6.61 Å². The number of allylic oxidation sites excluding steroid dienone is 2. The molecule has 0 bridgehead atoms. The van der Waals surface area contributed by atoms with E-state index in [0.717, 1.165) is 31.3 Å². The van der Waals surface area contributed by atoms with Crippen LogP contribution in [-0.2, 0) is 0 Å². The van der Waals surface area contributed by atoms with E-state index in [1.54, 1.807) is 0 Å². The molecule has 0 aromatic heterocycles. The van der Waals surface area contributed by atoms with E-state index < -0.39 is 0 Å². The molecule has 0 unspecified atom stereocenters. The molecule has 0 saturated heterocycles. The van der Waals surface area contributed by atoms with E-state index in [1.165, 1.54) is 0 Å². The van der Waals surface area contributed by atoms with Gasteiger partial charge in [0.2, 0.25) is 0 Å². The van der Waals surface area contributed by atoms with Crippen LogP contribution in [-0.4, -0.2) is 12.4 Å². The van der Waals surface area contributed by atoms with E-state index in [2.05, 4.69) is 13.0 Å². The molecule has 1 aliphatic rings. The highest BCUT2D eigenvalue weighted by atomic mass is 16.5. The molecule has 0 fully saturated rings. The van der Waals surface area contributed by atoms with Crippen molar-refractivity contribution in [3.63, 3.8) is 0 Å². The number of rotatable bonds is 5. The van der Waals surface area contributed by atoms with Crippen molar-refractivity contribution in [1.82, 2.24) is 0 Å². The first-order valence-corrected chi connectivity index (χ1v) is 6.28. The van der Waals surface area contributed by atoms with Gasteiger partial charge >= 0.3 is 0 Å². The van der Waals surface area contributed by atoms with Crippen molar-refractivity contribution < 1.29 is 9.53 Å². The smallest absolute Gasteiger partial charge is 0.192 e. The first-order chi connectivity index (χ1) is 8.33. The minimum Gasteiger partial charge on any atom is -0.493 e. The van der Waals surface area contributed by atoms with Gasteiger partial charge < -0.3 is 4.74 Å². The minimum atomic E-state index is 0.134. The second kappa shape index (κ2) is 5.67. The number of ketones is 1. The Bertz CT molecular complexity index is 432. The highest BCUT2D eigenvalue weighted by Crippen LogP contribution is 2.26. The van der Waals surface area contributed by atoms with Crippen LogP contribution >= 0.6 is 0 Å². The molecule has 90 valence electrons. The molecule has 2 nitrogen and oxygen atoms in total. The largest absolute Gasteiger partial charge is 0.493 e. The lowest BCUT2D eigenvalue weighted by atomic mass is 10.0. The second-order valence-corrected chi connectivity index (χ2v) is 4.30. The molecule has 0 saturated carbocycles. The monoisotopic (exact) mass is 230 g/mol. The summed E-state index contributed by atoms with van der Waals surface area (Å²) >= 11 is 0. The fraction of sp³-hybridized carbons (Fsp3) is 0.400. The van der Waals surface area contributed by atoms with Crippen LogP contribution in [0.1, 0.15) is 43.0 Å². The van der Waals surface area contributed by atoms with Crippen molar-refractivity contribution in [2.45, 2.75) is 32.6 Å². The van der Waals surface area contributed by atoms with Gasteiger partial charge in [-0.15, -0.1) is 0 Å². The van der Waals surface area contributed by atoms with Crippen LogP contribution in [0.25, 0.3) is 0 Å². The minimum absolute atomic E-state index is 0.134. The van der Waals surface area contributed by atoms with Gasteiger partial charge in [-0.05, 0) is 43.4 Å². The van der Waals surface area contributed by atoms with Crippen LogP contribution in [0.15, 0.2) is 35.9 Å². The third-order valence-electron chi connectivity index (χ3n) is 2.93. The summed E-state index contributed by atoms with van der Waals surface area (Å²) in [7, 11) is 0. The second-order valence-electron chi connectivity index (χ2n) is 4.30. The van der Waals surface area contributed by atoms with Crippen LogP contribution < -0.4 is 4.74 Å². The maximum atomic E-state index is 12.3. The third kappa shape index (κ3) is 2.76. The average Bonchev–Trinajstić information content (AvgIpc) is 2.89. The van der Waals surface area contributed by atoms with E-state index in [0.29, 0.717) is 17.9 Å². The standard InChI is InChI=1S/C15H18O2/c1-2-11-17-14-10-6-5-9-13(14)15(16)12-7-3-4-8-12/h5-7,9-10H,2-4,8,11H2,1H3. The van der Waals surface area contributed by atoms with E-state index >= 15 is 0 Å². The Morgan fingerprint density at radius 2 is 2.18 bits per heavy atom. The summed E-state index contributed by atoms with van der Waals surface area (Å²) in [5.74, 6) is 0.848.